The Balaban J connectivity index is 2.34. The van der Waals surface area contributed by atoms with Crippen molar-refractivity contribution in [1.82, 2.24) is 0 Å². The third-order valence-corrected chi connectivity index (χ3v) is 3.36. The highest BCUT2D eigenvalue weighted by atomic mass is 16.2. The van der Waals surface area contributed by atoms with Gasteiger partial charge in [-0.15, -0.1) is 0 Å². The lowest BCUT2D eigenvalue weighted by Gasteiger charge is -2.17. The van der Waals surface area contributed by atoms with E-state index in [1.807, 2.05) is 36.4 Å². The van der Waals surface area contributed by atoms with E-state index < -0.39 is 0 Å². The minimum atomic E-state index is 0.0859. The molecule has 1 aliphatic rings. The lowest BCUT2D eigenvalue weighted by atomic mass is 9.86. The predicted octanol–water partition coefficient (Wildman–Crippen LogP) is 4.48. The van der Waals surface area contributed by atoms with Crippen LogP contribution in [0, 0.1) is 0 Å². The molecule has 0 amide bonds. The van der Waals surface area contributed by atoms with E-state index >= 15 is 0 Å². The summed E-state index contributed by atoms with van der Waals surface area (Å²) >= 11 is 0. The number of aliphatic hydroxyl groups is 1. The fraction of sp³-hybridized carbons (Fsp3) is 0.105. The Hall–Kier alpha value is -2.61. The van der Waals surface area contributed by atoms with Crippen molar-refractivity contribution in [1.29, 1.82) is 0 Å². The van der Waals surface area contributed by atoms with E-state index in [1.165, 1.54) is 6.08 Å². The first kappa shape index (κ1) is 14.8. The molecule has 1 aromatic rings. The predicted molar refractivity (Wildman–Crippen MR) is 86.4 cm³/mol. The van der Waals surface area contributed by atoms with Crippen LogP contribution in [-0.2, 0) is 6.42 Å². The van der Waals surface area contributed by atoms with E-state index in [0.717, 1.165) is 41.4 Å². The number of carbonyl (C=O) groups excluding carboxylic acids is 1. The van der Waals surface area contributed by atoms with Gasteiger partial charge in [-0.2, -0.15) is 0 Å². The van der Waals surface area contributed by atoms with Crippen molar-refractivity contribution in [2.24, 2.45) is 0 Å². The van der Waals surface area contributed by atoms with Gasteiger partial charge in [-0.25, -0.2) is 0 Å². The van der Waals surface area contributed by atoms with Gasteiger partial charge in [-0.1, -0.05) is 55.1 Å². The Labute approximate surface area is 125 Å². The van der Waals surface area contributed by atoms with Gasteiger partial charge >= 0.3 is 0 Å². The van der Waals surface area contributed by atoms with Crippen LogP contribution in [0.3, 0.4) is 0 Å². The first-order chi connectivity index (χ1) is 10.3. The van der Waals surface area contributed by atoms with E-state index in [4.69, 9.17) is 5.11 Å². The molecule has 0 radical (unpaired) electrons. The van der Waals surface area contributed by atoms with Crippen molar-refractivity contribution < 1.29 is 9.90 Å². The normalized spacial score (nSPS) is 17.6. The summed E-state index contributed by atoms with van der Waals surface area (Å²) in [5.41, 5.74) is 3.55. The molecule has 0 spiro atoms. The summed E-state index contributed by atoms with van der Waals surface area (Å²) in [6.07, 6.45) is 13.1. The summed E-state index contributed by atoms with van der Waals surface area (Å²) in [6.45, 7) is 3.64. The molecule has 0 aromatic heterocycles. The second-order valence-corrected chi connectivity index (χ2v) is 4.76. The number of carbonyl (C=O) groups is 1. The van der Waals surface area contributed by atoms with Crippen molar-refractivity contribution in [3.63, 3.8) is 0 Å². The van der Waals surface area contributed by atoms with E-state index in [9.17, 15) is 4.79 Å². The number of hydrogen-bond acceptors (Lipinski definition) is 2. The van der Waals surface area contributed by atoms with Crippen LogP contribution in [-0.4, -0.2) is 10.9 Å². The maximum atomic E-state index is 12.5. The summed E-state index contributed by atoms with van der Waals surface area (Å²) in [7, 11) is 0. The molecule has 0 atom stereocenters. The molecule has 0 bridgehead atoms. The molecule has 0 aliphatic heterocycles. The molecule has 21 heavy (non-hydrogen) atoms. The lowest BCUT2D eigenvalue weighted by molar-refractivity contribution is 0.102. The smallest absolute Gasteiger partial charge is 0.189 e. The Bertz CT molecular complexity index is 658. The quantitative estimate of drug-likeness (QED) is 0.501. The van der Waals surface area contributed by atoms with Crippen molar-refractivity contribution in [3.05, 3.63) is 95.8 Å². The van der Waals surface area contributed by atoms with Gasteiger partial charge in [0.05, 0.1) is 6.26 Å². The van der Waals surface area contributed by atoms with E-state index in [-0.39, 0.29) is 5.78 Å². The highest BCUT2D eigenvalue weighted by Gasteiger charge is 2.20. The molecule has 0 heterocycles. The molecule has 0 fully saturated rings. The zero-order valence-electron chi connectivity index (χ0n) is 11.8. The fourth-order valence-electron chi connectivity index (χ4n) is 2.34. The van der Waals surface area contributed by atoms with Crippen LogP contribution in [0.4, 0.5) is 0 Å². The van der Waals surface area contributed by atoms with E-state index in [0.29, 0.717) is 0 Å². The van der Waals surface area contributed by atoms with Crippen LogP contribution in [0.2, 0.25) is 0 Å². The molecule has 106 valence electrons. The van der Waals surface area contributed by atoms with Gasteiger partial charge in [0, 0.05) is 11.1 Å². The summed E-state index contributed by atoms with van der Waals surface area (Å²) in [6, 6.07) is 7.74. The first-order valence-electron chi connectivity index (χ1n) is 6.89. The van der Waals surface area contributed by atoms with Gasteiger partial charge in [-0.3, -0.25) is 4.79 Å². The highest BCUT2D eigenvalue weighted by Crippen LogP contribution is 2.26. The molecule has 0 unspecified atom stereocenters. The zero-order valence-corrected chi connectivity index (χ0v) is 11.8. The van der Waals surface area contributed by atoms with E-state index in [2.05, 4.69) is 6.58 Å². The minimum Gasteiger partial charge on any atom is -0.516 e. The number of aliphatic hydroxyl groups excluding tert-OH is 1. The van der Waals surface area contributed by atoms with Crippen LogP contribution >= 0.6 is 0 Å². The minimum absolute atomic E-state index is 0.0859. The van der Waals surface area contributed by atoms with Gasteiger partial charge in [-0.05, 0) is 36.1 Å². The molecule has 2 heteroatoms. The highest BCUT2D eigenvalue weighted by molar-refractivity contribution is 6.11. The van der Waals surface area contributed by atoms with Gasteiger partial charge < -0.3 is 5.11 Å². The molecule has 1 aromatic carbocycles. The van der Waals surface area contributed by atoms with Crippen LogP contribution in [0.25, 0.3) is 0 Å². The van der Waals surface area contributed by atoms with Gasteiger partial charge in [0.25, 0.3) is 0 Å². The lowest BCUT2D eigenvalue weighted by Crippen LogP contribution is -2.14. The van der Waals surface area contributed by atoms with Crippen molar-refractivity contribution in [2.75, 3.05) is 0 Å². The molecule has 0 saturated heterocycles. The zero-order chi connectivity index (χ0) is 15.1. The molecule has 2 rings (SSSR count). The number of hydrogen-bond donors (Lipinski definition) is 1. The number of fused-ring (bicyclic) bond motifs is 1. The molecule has 2 nitrogen and oxygen atoms in total. The monoisotopic (exact) mass is 278 g/mol. The summed E-state index contributed by atoms with van der Waals surface area (Å²) in [5.74, 6) is 0.0859. The maximum absolute atomic E-state index is 12.5. The second-order valence-electron chi connectivity index (χ2n) is 4.76. The number of aryl methyl sites for hydroxylation is 1. The number of benzene rings is 1. The third kappa shape index (κ3) is 3.69. The van der Waals surface area contributed by atoms with E-state index in [1.54, 1.807) is 18.2 Å². The maximum Gasteiger partial charge on any atom is 0.189 e. The SMILES string of the molecule is C=C\C=C/C(=C\C=C\O)/C=C1\CCc2ccccc2C1=O. The summed E-state index contributed by atoms with van der Waals surface area (Å²) in [5, 5.41) is 8.77. The topological polar surface area (TPSA) is 37.3 Å². The largest absolute Gasteiger partial charge is 0.516 e. The molecular formula is C19H18O2. The number of allylic oxidation sites excluding steroid dienone is 8. The Morgan fingerprint density at radius 1 is 1.19 bits per heavy atom. The number of Topliss-reactive ketones (excluding diaryl/α,β-unsaturated/α-hetero) is 1. The Morgan fingerprint density at radius 3 is 2.76 bits per heavy atom. The Kier molecular flexibility index (Phi) is 5.10. The van der Waals surface area contributed by atoms with Gasteiger partial charge in [0.15, 0.2) is 5.78 Å². The van der Waals surface area contributed by atoms with Crippen LogP contribution in [0.1, 0.15) is 22.3 Å². The summed E-state index contributed by atoms with van der Waals surface area (Å²) in [4.78, 5) is 12.5. The molecule has 0 saturated carbocycles. The first-order valence-corrected chi connectivity index (χ1v) is 6.89. The fourth-order valence-corrected chi connectivity index (χ4v) is 2.34. The molecular weight excluding hydrogens is 260 g/mol. The van der Waals surface area contributed by atoms with Crippen molar-refractivity contribution in [3.8, 4) is 0 Å². The number of rotatable bonds is 4. The molecule has 1 N–H and O–H groups in total. The summed E-state index contributed by atoms with van der Waals surface area (Å²) < 4.78 is 0. The van der Waals surface area contributed by atoms with Crippen molar-refractivity contribution >= 4 is 5.78 Å². The standard InChI is InChI=1S/C19H18O2/c1-2-3-7-15(8-6-13-20)14-17-12-11-16-9-4-5-10-18(16)19(17)21/h2-10,13-14,20H,1,11-12H2/b7-3-,13-6+,15-8+,17-14+. The number of ketones is 1. The van der Waals surface area contributed by atoms with Crippen LogP contribution < -0.4 is 0 Å². The molecule has 1 aliphatic carbocycles. The van der Waals surface area contributed by atoms with Crippen molar-refractivity contribution in [2.45, 2.75) is 12.8 Å². The second kappa shape index (κ2) is 7.25. The Morgan fingerprint density at radius 2 is 2.00 bits per heavy atom. The van der Waals surface area contributed by atoms with Crippen LogP contribution in [0.15, 0.2) is 84.7 Å². The average molecular weight is 278 g/mol. The van der Waals surface area contributed by atoms with Gasteiger partial charge in [0.1, 0.15) is 0 Å². The third-order valence-electron chi connectivity index (χ3n) is 3.36. The van der Waals surface area contributed by atoms with Crippen LogP contribution in [0.5, 0.6) is 0 Å². The van der Waals surface area contributed by atoms with Gasteiger partial charge in [0.2, 0.25) is 0 Å². The average Bonchev–Trinajstić information content (AvgIpc) is 2.52.